The van der Waals surface area contributed by atoms with Crippen LogP contribution in [0, 0.1) is 5.92 Å². The number of rotatable bonds is 1. The third-order valence-corrected chi connectivity index (χ3v) is 5.03. The zero-order valence-corrected chi connectivity index (χ0v) is 11.7. The average Bonchev–Trinajstić information content (AvgIpc) is 3.11. The fraction of sp³-hybridized carbons (Fsp3) is 0.562. The number of amides is 1. The van der Waals surface area contributed by atoms with Gasteiger partial charge in [-0.2, -0.15) is 0 Å². The van der Waals surface area contributed by atoms with Crippen LogP contribution in [0.5, 0.6) is 5.75 Å². The van der Waals surface area contributed by atoms with Gasteiger partial charge >= 0.3 is 0 Å². The summed E-state index contributed by atoms with van der Waals surface area (Å²) in [6.45, 7) is 4.66. The van der Waals surface area contributed by atoms with Crippen LogP contribution in [0.25, 0.3) is 0 Å². The van der Waals surface area contributed by atoms with Crippen molar-refractivity contribution >= 4 is 5.91 Å². The van der Waals surface area contributed by atoms with Crippen LogP contribution >= 0.6 is 0 Å². The molecule has 106 valence electrons. The number of hydrogen-bond donors (Lipinski definition) is 1. The van der Waals surface area contributed by atoms with E-state index in [1.165, 1.54) is 0 Å². The number of para-hydroxylation sites is 1. The molecular weight excluding hydrogens is 252 g/mol. The van der Waals surface area contributed by atoms with Gasteiger partial charge in [0.15, 0.2) is 0 Å². The van der Waals surface area contributed by atoms with Crippen molar-refractivity contribution in [3.05, 3.63) is 29.8 Å². The van der Waals surface area contributed by atoms with E-state index >= 15 is 0 Å². The van der Waals surface area contributed by atoms with Crippen LogP contribution in [0.2, 0.25) is 0 Å². The summed E-state index contributed by atoms with van der Waals surface area (Å²) in [6, 6.07) is 8.66. The minimum Gasteiger partial charge on any atom is -0.492 e. The number of ether oxygens (including phenoxy) is 1. The predicted octanol–water partition coefficient (Wildman–Crippen LogP) is 1.37. The van der Waals surface area contributed by atoms with Crippen molar-refractivity contribution in [2.45, 2.75) is 31.3 Å². The van der Waals surface area contributed by atoms with Gasteiger partial charge < -0.3 is 15.0 Å². The van der Waals surface area contributed by atoms with Gasteiger partial charge in [-0.05, 0) is 25.3 Å². The molecular formula is C16H20N2O2. The Balaban J connectivity index is 1.62. The maximum Gasteiger partial charge on any atom is 0.234 e. The number of carbonyl (C=O) groups excluding carboxylic acids is 1. The number of likely N-dealkylation sites (tertiary alicyclic amines) is 1. The SMILES string of the molecule is CC1CC2CNCC2N1C(=O)C1COc2ccccc21. The van der Waals surface area contributed by atoms with Gasteiger partial charge in [-0.25, -0.2) is 0 Å². The molecule has 4 nitrogen and oxygen atoms in total. The lowest BCUT2D eigenvalue weighted by Gasteiger charge is -2.30. The first-order valence-corrected chi connectivity index (χ1v) is 7.50. The largest absolute Gasteiger partial charge is 0.492 e. The number of nitrogens with zero attached hydrogens (tertiary/aromatic N) is 1. The Morgan fingerprint density at radius 2 is 2.20 bits per heavy atom. The molecule has 0 spiro atoms. The van der Waals surface area contributed by atoms with Crippen molar-refractivity contribution in [2.24, 2.45) is 5.92 Å². The van der Waals surface area contributed by atoms with E-state index in [1.807, 2.05) is 24.3 Å². The standard InChI is InChI=1S/C16H20N2O2/c1-10-6-11-7-17-8-14(11)18(10)16(19)13-9-20-15-5-3-2-4-12(13)15/h2-5,10-11,13-14,17H,6-9H2,1H3. The Kier molecular flexibility index (Phi) is 2.74. The third kappa shape index (κ3) is 1.67. The average molecular weight is 272 g/mol. The highest BCUT2D eigenvalue weighted by molar-refractivity contribution is 5.86. The number of benzene rings is 1. The molecule has 1 amide bonds. The van der Waals surface area contributed by atoms with Crippen LogP contribution in [-0.2, 0) is 4.79 Å². The monoisotopic (exact) mass is 272 g/mol. The van der Waals surface area contributed by atoms with Crippen molar-refractivity contribution in [1.82, 2.24) is 10.2 Å². The minimum absolute atomic E-state index is 0.118. The van der Waals surface area contributed by atoms with Gasteiger partial charge in [-0.3, -0.25) is 4.79 Å². The molecule has 0 radical (unpaired) electrons. The van der Waals surface area contributed by atoms with Crippen molar-refractivity contribution in [1.29, 1.82) is 0 Å². The molecule has 3 aliphatic heterocycles. The number of fused-ring (bicyclic) bond motifs is 2. The van der Waals surface area contributed by atoms with Crippen LogP contribution in [0.15, 0.2) is 24.3 Å². The Bertz CT molecular complexity index is 545. The van der Waals surface area contributed by atoms with Gasteiger partial charge in [-0.15, -0.1) is 0 Å². The first-order valence-electron chi connectivity index (χ1n) is 7.50. The van der Waals surface area contributed by atoms with E-state index in [0.717, 1.165) is 30.8 Å². The van der Waals surface area contributed by atoms with E-state index in [-0.39, 0.29) is 11.8 Å². The van der Waals surface area contributed by atoms with Crippen molar-refractivity contribution in [3.63, 3.8) is 0 Å². The lowest BCUT2D eigenvalue weighted by Crippen LogP contribution is -2.45. The van der Waals surface area contributed by atoms with Crippen LogP contribution < -0.4 is 10.1 Å². The van der Waals surface area contributed by atoms with Gasteiger partial charge in [-0.1, -0.05) is 18.2 Å². The number of nitrogens with one attached hydrogen (secondary N) is 1. The molecule has 2 fully saturated rings. The molecule has 0 aromatic heterocycles. The van der Waals surface area contributed by atoms with Gasteiger partial charge in [0.05, 0.1) is 0 Å². The third-order valence-electron chi connectivity index (χ3n) is 5.03. The first kappa shape index (κ1) is 12.2. The fourth-order valence-corrected chi connectivity index (χ4v) is 4.09. The smallest absolute Gasteiger partial charge is 0.234 e. The molecule has 4 heteroatoms. The zero-order valence-electron chi connectivity index (χ0n) is 11.7. The molecule has 3 heterocycles. The Hall–Kier alpha value is -1.55. The van der Waals surface area contributed by atoms with Crippen LogP contribution in [0.3, 0.4) is 0 Å². The van der Waals surface area contributed by atoms with Gasteiger partial charge in [0.25, 0.3) is 0 Å². The molecule has 4 rings (SSSR count). The number of hydrogen-bond acceptors (Lipinski definition) is 3. The maximum absolute atomic E-state index is 13.0. The molecule has 0 saturated carbocycles. The van der Waals surface area contributed by atoms with E-state index in [9.17, 15) is 4.79 Å². The van der Waals surface area contributed by atoms with Crippen LogP contribution in [-0.4, -0.2) is 42.6 Å². The highest BCUT2D eigenvalue weighted by Gasteiger charge is 2.46. The van der Waals surface area contributed by atoms with E-state index < -0.39 is 0 Å². The van der Waals surface area contributed by atoms with Crippen LogP contribution in [0.1, 0.15) is 24.8 Å². The topological polar surface area (TPSA) is 41.6 Å². The normalized spacial score (nSPS) is 34.8. The Morgan fingerprint density at radius 1 is 1.35 bits per heavy atom. The Labute approximate surface area is 119 Å². The lowest BCUT2D eigenvalue weighted by atomic mass is 9.99. The zero-order chi connectivity index (χ0) is 13.7. The van der Waals surface area contributed by atoms with Gasteiger partial charge in [0.1, 0.15) is 18.3 Å². The quantitative estimate of drug-likeness (QED) is 0.839. The molecule has 3 aliphatic rings. The highest BCUT2D eigenvalue weighted by Crippen LogP contribution is 2.39. The van der Waals surface area contributed by atoms with E-state index in [4.69, 9.17) is 4.74 Å². The second-order valence-corrected chi connectivity index (χ2v) is 6.22. The molecule has 0 aliphatic carbocycles. The van der Waals surface area contributed by atoms with Crippen molar-refractivity contribution in [2.75, 3.05) is 19.7 Å². The van der Waals surface area contributed by atoms with Crippen LogP contribution in [0.4, 0.5) is 0 Å². The Morgan fingerprint density at radius 3 is 3.10 bits per heavy atom. The number of carbonyl (C=O) groups is 1. The highest BCUT2D eigenvalue weighted by atomic mass is 16.5. The van der Waals surface area contributed by atoms with Gasteiger partial charge in [0, 0.05) is 30.7 Å². The first-order chi connectivity index (χ1) is 9.75. The molecule has 20 heavy (non-hydrogen) atoms. The summed E-state index contributed by atoms with van der Waals surface area (Å²) >= 11 is 0. The van der Waals surface area contributed by atoms with Crippen molar-refractivity contribution in [3.8, 4) is 5.75 Å². The summed E-state index contributed by atoms with van der Waals surface area (Å²) < 4.78 is 5.68. The van der Waals surface area contributed by atoms with Crippen molar-refractivity contribution < 1.29 is 9.53 Å². The summed E-state index contributed by atoms with van der Waals surface area (Å²) in [7, 11) is 0. The predicted molar refractivity (Wildman–Crippen MR) is 75.8 cm³/mol. The molecule has 4 atom stereocenters. The molecule has 1 N–H and O–H groups in total. The molecule has 2 saturated heterocycles. The fourth-order valence-electron chi connectivity index (χ4n) is 4.09. The maximum atomic E-state index is 13.0. The van der Waals surface area contributed by atoms with E-state index in [1.54, 1.807) is 0 Å². The molecule has 1 aromatic carbocycles. The second kappa shape index (κ2) is 4.48. The summed E-state index contributed by atoms with van der Waals surface area (Å²) in [5, 5.41) is 3.41. The van der Waals surface area contributed by atoms with Gasteiger partial charge in [0.2, 0.25) is 5.91 Å². The molecule has 1 aromatic rings. The molecule has 4 unspecified atom stereocenters. The summed E-state index contributed by atoms with van der Waals surface area (Å²) in [6.07, 6.45) is 1.12. The molecule has 0 bridgehead atoms. The van der Waals surface area contributed by atoms with E-state index in [0.29, 0.717) is 24.6 Å². The lowest BCUT2D eigenvalue weighted by molar-refractivity contribution is -0.135. The van der Waals surface area contributed by atoms with E-state index in [2.05, 4.69) is 17.1 Å². The minimum atomic E-state index is -0.118. The summed E-state index contributed by atoms with van der Waals surface area (Å²) in [5.41, 5.74) is 1.05. The summed E-state index contributed by atoms with van der Waals surface area (Å²) in [4.78, 5) is 15.1. The second-order valence-electron chi connectivity index (χ2n) is 6.22. The summed E-state index contributed by atoms with van der Waals surface area (Å²) in [5.74, 6) is 1.64.